The van der Waals surface area contributed by atoms with E-state index in [-0.39, 0.29) is 17.4 Å². The highest BCUT2D eigenvalue weighted by atomic mass is 19.1. The number of halogens is 1. The minimum absolute atomic E-state index is 0.0762. The molecule has 6 heteroatoms. The Morgan fingerprint density at radius 2 is 1.72 bits per heavy atom. The van der Waals surface area contributed by atoms with E-state index in [0.717, 1.165) is 5.69 Å². The van der Waals surface area contributed by atoms with Crippen LogP contribution in [0.3, 0.4) is 0 Å². The van der Waals surface area contributed by atoms with Crippen molar-refractivity contribution in [2.24, 2.45) is 0 Å². The Morgan fingerprint density at radius 3 is 2.40 bits per heavy atom. The number of carbonyl (C=O) groups is 2. The highest BCUT2D eigenvalue weighted by Crippen LogP contribution is 2.27. The zero-order valence-corrected chi connectivity index (χ0v) is 14.0. The van der Waals surface area contributed by atoms with Crippen LogP contribution in [0.5, 0.6) is 0 Å². The van der Waals surface area contributed by atoms with E-state index in [9.17, 15) is 14.0 Å². The molecule has 2 aromatic rings. The highest BCUT2D eigenvalue weighted by molar-refractivity contribution is 6.06. The lowest BCUT2D eigenvalue weighted by Crippen LogP contribution is -2.48. The van der Waals surface area contributed by atoms with E-state index in [1.54, 1.807) is 13.0 Å². The van der Waals surface area contributed by atoms with Gasteiger partial charge in [0, 0.05) is 38.7 Å². The van der Waals surface area contributed by atoms with Crippen LogP contribution in [0.1, 0.15) is 17.3 Å². The largest absolute Gasteiger partial charge is 0.366 e. The third-order valence-corrected chi connectivity index (χ3v) is 4.30. The van der Waals surface area contributed by atoms with Gasteiger partial charge in [-0.2, -0.15) is 0 Å². The maximum absolute atomic E-state index is 13.3. The lowest BCUT2D eigenvalue weighted by atomic mass is 10.1. The molecule has 1 saturated heterocycles. The predicted octanol–water partition coefficient (Wildman–Crippen LogP) is 2.75. The van der Waals surface area contributed by atoms with Crippen LogP contribution in [-0.2, 0) is 4.79 Å². The van der Waals surface area contributed by atoms with Gasteiger partial charge >= 0.3 is 0 Å². The fourth-order valence-corrected chi connectivity index (χ4v) is 2.94. The number of rotatable bonds is 3. The summed E-state index contributed by atoms with van der Waals surface area (Å²) in [6, 6.07) is 13.1. The molecule has 25 heavy (non-hydrogen) atoms. The van der Waals surface area contributed by atoms with E-state index in [2.05, 4.69) is 10.2 Å². The quantitative estimate of drug-likeness (QED) is 0.934. The standard InChI is InChI=1S/C19H20FN3O2/c1-14(24)22-9-11-23(12-10-22)18-8-3-2-7-17(18)21-19(25)15-5-4-6-16(20)13-15/h2-8,13H,9-12H2,1H3,(H,21,25). The van der Waals surface area contributed by atoms with Crippen LogP contribution < -0.4 is 10.2 Å². The van der Waals surface area contributed by atoms with Gasteiger partial charge in [0.05, 0.1) is 11.4 Å². The van der Waals surface area contributed by atoms with E-state index in [0.29, 0.717) is 31.9 Å². The third-order valence-electron chi connectivity index (χ3n) is 4.30. The second-order valence-corrected chi connectivity index (χ2v) is 5.97. The maximum Gasteiger partial charge on any atom is 0.255 e. The molecule has 1 heterocycles. The Bertz CT molecular complexity index is 786. The summed E-state index contributed by atoms with van der Waals surface area (Å²) in [5, 5.41) is 2.86. The van der Waals surface area contributed by atoms with Crippen molar-refractivity contribution in [1.82, 2.24) is 4.90 Å². The Morgan fingerprint density at radius 1 is 1.00 bits per heavy atom. The average Bonchev–Trinajstić information content (AvgIpc) is 2.62. The molecule has 0 atom stereocenters. The molecule has 2 amide bonds. The summed E-state index contributed by atoms with van der Waals surface area (Å²) in [6.45, 7) is 4.28. The van der Waals surface area contributed by atoms with Crippen molar-refractivity contribution in [3.05, 3.63) is 59.9 Å². The maximum atomic E-state index is 13.3. The molecule has 0 aliphatic carbocycles. The summed E-state index contributed by atoms with van der Waals surface area (Å²) in [4.78, 5) is 27.8. The summed E-state index contributed by atoms with van der Waals surface area (Å²) in [7, 11) is 0. The molecule has 130 valence electrons. The molecule has 0 radical (unpaired) electrons. The molecule has 0 unspecified atom stereocenters. The van der Waals surface area contributed by atoms with Crippen molar-refractivity contribution in [1.29, 1.82) is 0 Å². The Balaban J connectivity index is 1.75. The first-order valence-electron chi connectivity index (χ1n) is 8.21. The normalized spacial score (nSPS) is 14.3. The summed E-state index contributed by atoms with van der Waals surface area (Å²) in [5.41, 5.74) is 1.85. The van der Waals surface area contributed by atoms with Crippen molar-refractivity contribution >= 4 is 23.2 Å². The number of nitrogens with one attached hydrogen (secondary N) is 1. The number of amides is 2. The van der Waals surface area contributed by atoms with Gasteiger partial charge < -0.3 is 15.1 Å². The second-order valence-electron chi connectivity index (χ2n) is 5.97. The summed E-state index contributed by atoms with van der Waals surface area (Å²) >= 11 is 0. The fraction of sp³-hybridized carbons (Fsp3) is 0.263. The molecule has 3 rings (SSSR count). The molecule has 1 aliphatic rings. The van der Waals surface area contributed by atoms with Crippen LogP contribution in [0.2, 0.25) is 0 Å². The van der Waals surface area contributed by atoms with Crippen LogP contribution in [0.4, 0.5) is 15.8 Å². The van der Waals surface area contributed by atoms with Crippen LogP contribution >= 0.6 is 0 Å². The third kappa shape index (κ3) is 3.96. The SMILES string of the molecule is CC(=O)N1CCN(c2ccccc2NC(=O)c2cccc(F)c2)CC1. The fourth-order valence-electron chi connectivity index (χ4n) is 2.94. The van der Waals surface area contributed by atoms with Gasteiger partial charge in [-0.15, -0.1) is 0 Å². The number of hydrogen-bond acceptors (Lipinski definition) is 3. The predicted molar refractivity (Wildman–Crippen MR) is 95.3 cm³/mol. The molecule has 2 aromatic carbocycles. The number of benzene rings is 2. The minimum atomic E-state index is -0.443. The number of hydrogen-bond donors (Lipinski definition) is 1. The van der Waals surface area contributed by atoms with Crippen molar-refractivity contribution < 1.29 is 14.0 Å². The molecule has 1 fully saturated rings. The number of piperazine rings is 1. The summed E-state index contributed by atoms with van der Waals surface area (Å²) < 4.78 is 13.3. The van der Waals surface area contributed by atoms with Crippen LogP contribution in [-0.4, -0.2) is 42.9 Å². The topological polar surface area (TPSA) is 52.7 Å². The van der Waals surface area contributed by atoms with Gasteiger partial charge in [-0.05, 0) is 30.3 Å². The van der Waals surface area contributed by atoms with Gasteiger partial charge in [-0.3, -0.25) is 9.59 Å². The Labute approximate surface area is 146 Å². The minimum Gasteiger partial charge on any atom is -0.366 e. The molecule has 1 N–H and O–H groups in total. The number of carbonyl (C=O) groups excluding carboxylic acids is 2. The molecular formula is C19H20FN3O2. The summed E-state index contributed by atoms with van der Waals surface area (Å²) in [6.07, 6.45) is 0. The lowest BCUT2D eigenvalue weighted by Gasteiger charge is -2.36. The van der Waals surface area contributed by atoms with Gasteiger partial charge in [-0.1, -0.05) is 18.2 Å². The van der Waals surface area contributed by atoms with E-state index >= 15 is 0 Å². The Hall–Kier alpha value is -2.89. The number of nitrogens with zero attached hydrogens (tertiary/aromatic N) is 2. The molecule has 0 spiro atoms. The van der Waals surface area contributed by atoms with Crippen molar-refractivity contribution in [2.75, 3.05) is 36.4 Å². The highest BCUT2D eigenvalue weighted by Gasteiger charge is 2.21. The first-order valence-corrected chi connectivity index (χ1v) is 8.21. The van der Waals surface area contributed by atoms with Crippen LogP contribution in [0.25, 0.3) is 0 Å². The monoisotopic (exact) mass is 341 g/mol. The first kappa shape index (κ1) is 17.0. The number of para-hydroxylation sites is 2. The van der Waals surface area contributed by atoms with Gasteiger partial charge in [0.1, 0.15) is 5.82 Å². The zero-order valence-electron chi connectivity index (χ0n) is 14.0. The summed E-state index contributed by atoms with van der Waals surface area (Å²) in [5.74, 6) is -0.719. The zero-order chi connectivity index (χ0) is 17.8. The van der Waals surface area contributed by atoms with Gasteiger partial charge in [-0.25, -0.2) is 4.39 Å². The van der Waals surface area contributed by atoms with Crippen molar-refractivity contribution in [3.8, 4) is 0 Å². The molecule has 0 saturated carbocycles. The van der Waals surface area contributed by atoms with Crippen molar-refractivity contribution in [3.63, 3.8) is 0 Å². The van der Waals surface area contributed by atoms with E-state index in [1.807, 2.05) is 29.2 Å². The molecule has 5 nitrogen and oxygen atoms in total. The second kappa shape index (κ2) is 7.34. The molecule has 0 aromatic heterocycles. The first-order chi connectivity index (χ1) is 12.0. The van der Waals surface area contributed by atoms with Crippen LogP contribution in [0, 0.1) is 5.82 Å². The van der Waals surface area contributed by atoms with E-state index < -0.39 is 5.82 Å². The van der Waals surface area contributed by atoms with Gasteiger partial charge in [0.2, 0.25) is 5.91 Å². The molecule has 0 bridgehead atoms. The van der Waals surface area contributed by atoms with E-state index in [4.69, 9.17) is 0 Å². The smallest absolute Gasteiger partial charge is 0.255 e. The van der Waals surface area contributed by atoms with Crippen molar-refractivity contribution in [2.45, 2.75) is 6.92 Å². The van der Waals surface area contributed by atoms with Gasteiger partial charge in [0.15, 0.2) is 0 Å². The number of anilines is 2. The molecular weight excluding hydrogens is 321 g/mol. The average molecular weight is 341 g/mol. The van der Waals surface area contributed by atoms with Crippen LogP contribution in [0.15, 0.2) is 48.5 Å². The van der Waals surface area contributed by atoms with E-state index in [1.165, 1.54) is 18.2 Å². The van der Waals surface area contributed by atoms with Gasteiger partial charge in [0.25, 0.3) is 5.91 Å². The molecule has 1 aliphatic heterocycles. The Kier molecular flexibility index (Phi) is 4.97. The lowest BCUT2D eigenvalue weighted by molar-refractivity contribution is -0.129.